The molecule has 3 saturated carbocycles. The summed E-state index contributed by atoms with van der Waals surface area (Å²) >= 11 is 0. The summed E-state index contributed by atoms with van der Waals surface area (Å²) in [6, 6.07) is 0. The molecular weight excluding hydrogens is 300 g/mol. The average molecular weight is 330 g/mol. The summed E-state index contributed by atoms with van der Waals surface area (Å²) in [5.41, 5.74) is 1.07. The van der Waals surface area contributed by atoms with Crippen LogP contribution in [-0.4, -0.2) is 28.2 Å². The van der Waals surface area contributed by atoms with Crippen LogP contribution in [0.4, 0.5) is 0 Å². The van der Waals surface area contributed by atoms with E-state index in [1.807, 2.05) is 13.0 Å². The normalized spacial score (nSPS) is 51.5. The lowest BCUT2D eigenvalue weighted by molar-refractivity contribution is -0.127. The zero-order chi connectivity index (χ0) is 17.3. The molecule has 4 aliphatic carbocycles. The highest BCUT2D eigenvalue weighted by atomic mass is 16.3. The Balaban J connectivity index is 1.72. The molecule has 4 unspecified atom stereocenters. The van der Waals surface area contributed by atoms with Crippen molar-refractivity contribution in [3.05, 3.63) is 23.8 Å². The van der Waals surface area contributed by atoms with Crippen LogP contribution in [0.2, 0.25) is 0 Å². The first-order valence-electron chi connectivity index (χ1n) is 9.58. The van der Waals surface area contributed by atoms with Crippen molar-refractivity contribution in [2.45, 2.75) is 65.1 Å². The molecule has 2 N–H and O–H groups in total. The van der Waals surface area contributed by atoms with Gasteiger partial charge in [0, 0.05) is 11.3 Å². The Morgan fingerprint density at radius 3 is 2.71 bits per heavy atom. The summed E-state index contributed by atoms with van der Waals surface area (Å²) in [6.07, 6.45) is 9.95. The molecule has 0 aromatic heterocycles. The van der Waals surface area contributed by atoms with E-state index in [1.54, 1.807) is 6.08 Å². The predicted molar refractivity (Wildman–Crippen MR) is 93.2 cm³/mol. The first-order chi connectivity index (χ1) is 11.3. The Kier molecular flexibility index (Phi) is 3.64. The Labute approximate surface area is 144 Å². The molecule has 4 aliphatic rings. The lowest BCUT2D eigenvalue weighted by Crippen LogP contribution is -2.56. The number of aliphatic hydroxyl groups is 2. The van der Waals surface area contributed by atoms with Gasteiger partial charge in [0.1, 0.15) is 0 Å². The lowest BCUT2D eigenvalue weighted by atomic mass is 9.46. The second kappa shape index (κ2) is 5.28. The highest BCUT2D eigenvalue weighted by molar-refractivity contribution is 6.01. The van der Waals surface area contributed by atoms with E-state index in [0.29, 0.717) is 17.8 Å². The van der Waals surface area contributed by atoms with Crippen molar-refractivity contribution in [3.8, 4) is 0 Å². The summed E-state index contributed by atoms with van der Waals surface area (Å²) < 4.78 is 0. The van der Waals surface area contributed by atoms with Crippen LogP contribution in [0, 0.1) is 34.5 Å². The van der Waals surface area contributed by atoms with Crippen molar-refractivity contribution >= 4 is 5.78 Å². The van der Waals surface area contributed by atoms with E-state index in [0.717, 1.165) is 32.1 Å². The van der Waals surface area contributed by atoms with Gasteiger partial charge in [0.15, 0.2) is 5.78 Å². The average Bonchev–Trinajstić information content (AvgIpc) is 2.84. The van der Waals surface area contributed by atoms with Gasteiger partial charge in [0.2, 0.25) is 0 Å². The number of carbonyl (C=O) groups excluding carboxylic acids is 1. The van der Waals surface area contributed by atoms with Gasteiger partial charge in [-0.25, -0.2) is 0 Å². The standard InChI is InChI=1S/C21H30O3/c1-12(22)16-6-7-17-15-5-4-13-10-14(23)8-9-20(13,2)19(15)18(24)11-21(16,17)3/h8-10,12,15-19,22,24H,4-7,11H2,1-3H3/t12?,15?,16-,17?,18+,19?,20+,21-/m1/s1. The minimum absolute atomic E-state index is 0.0422. The Morgan fingerprint density at radius 2 is 2.00 bits per heavy atom. The van der Waals surface area contributed by atoms with E-state index >= 15 is 0 Å². The third kappa shape index (κ3) is 2.07. The van der Waals surface area contributed by atoms with E-state index < -0.39 is 0 Å². The van der Waals surface area contributed by atoms with Crippen LogP contribution >= 0.6 is 0 Å². The molecule has 8 atom stereocenters. The van der Waals surface area contributed by atoms with Gasteiger partial charge >= 0.3 is 0 Å². The molecule has 3 nitrogen and oxygen atoms in total. The van der Waals surface area contributed by atoms with E-state index in [1.165, 1.54) is 5.57 Å². The molecule has 0 heterocycles. The fourth-order valence-corrected chi connectivity index (χ4v) is 7.16. The van der Waals surface area contributed by atoms with E-state index in [-0.39, 0.29) is 34.7 Å². The Hall–Kier alpha value is -0.930. The summed E-state index contributed by atoms with van der Waals surface area (Å²) in [6.45, 7) is 6.43. The second-order valence-electron chi connectivity index (χ2n) is 9.22. The van der Waals surface area contributed by atoms with Crippen molar-refractivity contribution < 1.29 is 15.0 Å². The number of rotatable bonds is 1. The maximum Gasteiger partial charge on any atom is 0.178 e. The molecule has 0 spiro atoms. The minimum atomic E-state index is -0.359. The van der Waals surface area contributed by atoms with Gasteiger partial charge in [-0.05, 0) is 74.3 Å². The lowest BCUT2D eigenvalue weighted by Gasteiger charge is -2.59. The number of carbonyl (C=O) groups is 1. The van der Waals surface area contributed by atoms with E-state index in [2.05, 4.69) is 19.9 Å². The molecule has 3 fully saturated rings. The van der Waals surface area contributed by atoms with Gasteiger partial charge in [-0.3, -0.25) is 4.79 Å². The van der Waals surface area contributed by atoms with Gasteiger partial charge in [-0.15, -0.1) is 0 Å². The van der Waals surface area contributed by atoms with E-state index in [9.17, 15) is 15.0 Å². The number of aliphatic hydroxyl groups excluding tert-OH is 2. The monoisotopic (exact) mass is 330 g/mol. The molecule has 0 aromatic rings. The zero-order valence-electron chi connectivity index (χ0n) is 15.0. The molecular formula is C21H30O3. The molecule has 132 valence electrons. The van der Waals surface area contributed by atoms with Crippen molar-refractivity contribution in [3.63, 3.8) is 0 Å². The molecule has 0 aromatic carbocycles. The minimum Gasteiger partial charge on any atom is -0.393 e. The van der Waals surface area contributed by atoms with Crippen LogP contribution in [0.15, 0.2) is 23.8 Å². The summed E-state index contributed by atoms with van der Waals surface area (Å²) in [5.74, 6) is 1.66. The molecule has 0 amide bonds. The fraction of sp³-hybridized carbons (Fsp3) is 0.762. The first kappa shape index (κ1) is 16.5. The van der Waals surface area contributed by atoms with Crippen molar-refractivity contribution in [1.82, 2.24) is 0 Å². The van der Waals surface area contributed by atoms with Crippen LogP contribution in [-0.2, 0) is 4.79 Å². The van der Waals surface area contributed by atoms with Crippen LogP contribution in [0.3, 0.4) is 0 Å². The quantitative estimate of drug-likeness (QED) is 0.776. The molecule has 3 heteroatoms. The summed E-state index contributed by atoms with van der Waals surface area (Å²) in [4.78, 5) is 11.8. The zero-order valence-corrected chi connectivity index (χ0v) is 15.0. The maximum atomic E-state index is 11.8. The third-order valence-electron chi connectivity index (χ3n) is 8.15. The second-order valence-corrected chi connectivity index (χ2v) is 9.22. The molecule has 0 saturated heterocycles. The van der Waals surface area contributed by atoms with E-state index in [4.69, 9.17) is 0 Å². The summed E-state index contributed by atoms with van der Waals surface area (Å²) in [5, 5.41) is 21.4. The van der Waals surface area contributed by atoms with Crippen LogP contribution < -0.4 is 0 Å². The molecule has 0 bridgehead atoms. The largest absolute Gasteiger partial charge is 0.393 e. The van der Waals surface area contributed by atoms with Crippen molar-refractivity contribution in [1.29, 1.82) is 0 Å². The number of hydrogen-bond acceptors (Lipinski definition) is 3. The van der Waals surface area contributed by atoms with Gasteiger partial charge in [0.05, 0.1) is 12.2 Å². The predicted octanol–water partition coefficient (Wildman–Crippen LogP) is 3.26. The molecule has 24 heavy (non-hydrogen) atoms. The number of fused-ring (bicyclic) bond motifs is 5. The Morgan fingerprint density at radius 1 is 1.25 bits per heavy atom. The van der Waals surface area contributed by atoms with Gasteiger partial charge in [0.25, 0.3) is 0 Å². The topological polar surface area (TPSA) is 57.5 Å². The van der Waals surface area contributed by atoms with Crippen LogP contribution in [0.5, 0.6) is 0 Å². The smallest absolute Gasteiger partial charge is 0.178 e. The molecule has 4 rings (SSSR count). The number of ketones is 1. The number of allylic oxidation sites excluding steroid dienone is 4. The number of hydrogen-bond donors (Lipinski definition) is 2. The first-order valence-corrected chi connectivity index (χ1v) is 9.58. The Bertz CT molecular complexity index is 619. The van der Waals surface area contributed by atoms with Gasteiger partial charge < -0.3 is 10.2 Å². The molecule has 0 radical (unpaired) electrons. The van der Waals surface area contributed by atoms with Crippen LogP contribution in [0.25, 0.3) is 0 Å². The van der Waals surface area contributed by atoms with Crippen molar-refractivity contribution in [2.75, 3.05) is 0 Å². The fourth-order valence-electron chi connectivity index (χ4n) is 7.16. The summed E-state index contributed by atoms with van der Waals surface area (Å²) in [7, 11) is 0. The SMILES string of the molecule is CC(O)[C@H]1CCC2C3CCC4=CC(=O)C=C[C@]4(C)C3[C@@H](O)C[C@@]21C. The van der Waals surface area contributed by atoms with Gasteiger partial charge in [-0.1, -0.05) is 25.5 Å². The maximum absolute atomic E-state index is 11.8. The highest BCUT2D eigenvalue weighted by Gasteiger charge is 2.61. The van der Waals surface area contributed by atoms with Crippen molar-refractivity contribution in [2.24, 2.45) is 34.5 Å². The highest BCUT2D eigenvalue weighted by Crippen LogP contribution is 2.66. The third-order valence-corrected chi connectivity index (χ3v) is 8.15. The molecule has 0 aliphatic heterocycles. The van der Waals surface area contributed by atoms with Gasteiger partial charge in [-0.2, -0.15) is 0 Å². The van der Waals surface area contributed by atoms with Crippen LogP contribution in [0.1, 0.15) is 52.9 Å².